The van der Waals surface area contributed by atoms with Crippen LogP contribution in [0, 0.1) is 18.3 Å². The number of nitrogens with one attached hydrogen (secondary N) is 2. The van der Waals surface area contributed by atoms with Crippen molar-refractivity contribution in [2.45, 2.75) is 26.7 Å². The second-order valence-corrected chi connectivity index (χ2v) is 6.40. The number of ether oxygens (including phenoxy) is 2. The number of benzene rings is 1. The number of carbonyl (C=O) groups excluding carboxylic acids is 1. The Balaban J connectivity index is 2.33. The van der Waals surface area contributed by atoms with Crippen molar-refractivity contribution in [3.05, 3.63) is 58.0 Å². The van der Waals surface area contributed by atoms with Crippen LogP contribution in [-0.2, 0) is 4.79 Å². The molecule has 2 heterocycles. The fourth-order valence-corrected chi connectivity index (χ4v) is 3.50. The van der Waals surface area contributed by atoms with Gasteiger partial charge in [-0.2, -0.15) is 5.26 Å². The predicted octanol–water partition coefficient (Wildman–Crippen LogP) is 3.20. The van der Waals surface area contributed by atoms with Crippen LogP contribution < -0.4 is 20.1 Å². The molecule has 0 saturated carbocycles. The minimum Gasteiger partial charge on any atom is -0.496 e. The smallest absolute Gasteiger partial charge is 0.219 e. The zero-order valence-corrected chi connectivity index (χ0v) is 16.3. The third-order valence-corrected chi connectivity index (χ3v) is 4.73. The molecule has 1 aliphatic rings. The predicted molar refractivity (Wildman–Crippen MR) is 105 cm³/mol. The summed E-state index contributed by atoms with van der Waals surface area (Å²) < 4.78 is 11.4. The minimum absolute atomic E-state index is 0.377. The van der Waals surface area contributed by atoms with Crippen molar-refractivity contribution < 1.29 is 14.3 Å². The summed E-state index contributed by atoms with van der Waals surface area (Å²) in [5, 5.41) is 15.4. The molecule has 1 aromatic carbocycles. The number of allylic oxidation sites excluding steroid dienone is 2. The molecule has 0 fully saturated rings. The van der Waals surface area contributed by atoms with E-state index in [0.717, 1.165) is 28.1 Å². The Kier molecular flexibility index (Phi) is 5.50. The highest BCUT2D eigenvalue weighted by Gasteiger charge is 2.34. The molecule has 0 radical (unpaired) electrons. The molecule has 2 N–H and O–H groups in total. The molecule has 1 aliphatic heterocycles. The summed E-state index contributed by atoms with van der Waals surface area (Å²) in [6, 6.07) is 7.39. The average molecular weight is 378 g/mol. The minimum atomic E-state index is -0.377. The molecule has 0 unspecified atom stereocenters. The summed E-state index contributed by atoms with van der Waals surface area (Å²) in [4.78, 5) is 15.8. The maximum absolute atomic E-state index is 11.3. The van der Waals surface area contributed by atoms with Crippen LogP contribution in [0.15, 0.2) is 35.8 Å². The van der Waals surface area contributed by atoms with Gasteiger partial charge < -0.3 is 20.1 Å². The third kappa shape index (κ3) is 3.25. The monoisotopic (exact) mass is 378 g/mol. The standard InChI is InChI=1S/C21H22N4O3/c1-5-28-21-18-17(15-7-6-14(9-22)8-16(15)27-4)20(24-11-26)13(3)25-19(18)12(2)10-23-21/h6-8,10-11,17,25H,5H2,1-4H3,(H,24,26)/t17-/m0/s1. The number of rotatable bonds is 6. The van der Waals surface area contributed by atoms with Crippen molar-refractivity contribution in [2.24, 2.45) is 0 Å². The first-order chi connectivity index (χ1) is 13.5. The fourth-order valence-electron chi connectivity index (χ4n) is 3.50. The first-order valence-electron chi connectivity index (χ1n) is 8.93. The molecule has 1 aromatic heterocycles. The van der Waals surface area contributed by atoms with Crippen LogP contribution in [0.25, 0.3) is 0 Å². The molecule has 7 nitrogen and oxygen atoms in total. The van der Waals surface area contributed by atoms with Crippen LogP contribution in [0.2, 0.25) is 0 Å². The highest BCUT2D eigenvalue weighted by molar-refractivity contribution is 5.73. The van der Waals surface area contributed by atoms with E-state index in [1.165, 1.54) is 0 Å². The van der Waals surface area contributed by atoms with E-state index >= 15 is 0 Å². The van der Waals surface area contributed by atoms with Gasteiger partial charge in [-0.25, -0.2) is 4.98 Å². The topological polar surface area (TPSA) is 96.3 Å². The maximum atomic E-state index is 11.3. The number of hydrogen-bond donors (Lipinski definition) is 2. The van der Waals surface area contributed by atoms with Gasteiger partial charge in [0.2, 0.25) is 12.3 Å². The lowest BCUT2D eigenvalue weighted by molar-refractivity contribution is -0.109. The lowest BCUT2D eigenvalue weighted by atomic mass is 9.83. The largest absolute Gasteiger partial charge is 0.496 e. The van der Waals surface area contributed by atoms with Crippen molar-refractivity contribution in [3.8, 4) is 17.7 Å². The van der Waals surface area contributed by atoms with E-state index < -0.39 is 0 Å². The van der Waals surface area contributed by atoms with Crippen LogP contribution in [0.3, 0.4) is 0 Å². The highest BCUT2D eigenvalue weighted by atomic mass is 16.5. The van der Waals surface area contributed by atoms with E-state index in [9.17, 15) is 10.1 Å². The van der Waals surface area contributed by atoms with Crippen LogP contribution in [0.1, 0.15) is 42.0 Å². The van der Waals surface area contributed by atoms with Crippen LogP contribution >= 0.6 is 0 Å². The van der Waals surface area contributed by atoms with E-state index in [-0.39, 0.29) is 5.92 Å². The molecule has 2 aromatic rings. The molecule has 28 heavy (non-hydrogen) atoms. The second-order valence-electron chi connectivity index (χ2n) is 6.40. The molecule has 0 saturated heterocycles. The normalized spacial score (nSPS) is 15.2. The average Bonchev–Trinajstić information content (AvgIpc) is 2.71. The van der Waals surface area contributed by atoms with Crippen molar-refractivity contribution in [2.75, 3.05) is 19.0 Å². The van der Waals surface area contributed by atoms with Gasteiger partial charge in [-0.15, -0.1) is 0 Å². The molecule has 0 spiro atoms. The molecule has 3 rings (SSSR count). The summed E-state index contributed by atoms with van der Waals surface area (Å²) in [6.07, 6.45) is 2.41. The van der Waals surface area contributed by atoms with Crippen LogP contribution in [-0.4, -0.2) is 25.1 Å². The van der Waals surface area contributed by atoms with Gasteiger partial charge >= 0.3 is 0 Å². The third-order valence-electron chi connectivity index (χ3n) is 4.73. The van der Waals surface area contributed by atoms with E-state index in [1.54, 1.807) is 25.4 Å². The number of pyridine rings is 1. The molecule has 0 bridgehead atoms. The maximum Gasteiger partial charge on any atom is 0.219 e. The number of carbonyl (C=O) groups is 1. The zero-order chi connectivity index (χ0) is 20.3. The SMILES string of the molecule is CCOc1ncc(C)c2c1[C@H](c1ccc(C#N)cc1OC)C(NC=O)=C(C)N2. The van der Waals surface area contributed by atoms with Gasteiger partial charge in [0.1, 0.15) is 5.75 Å². The number of aromatic nitrogens is 1. The number of anilines is 1. The molecule has 1 amide bonds. The number of fused-ring (bicyclic) bond motifs is 1. The van der Waals surface area contributed by atoms with Gasteiger partial charge in [0.05, 0.1) is 42.5 Å². The van der Waals surface area contributed by atoms with Crippen molar-refractivity contribution in [1.82, 2.24) is 10.3 Å². The van der Waals surface area contributed by atoms with Gasteiger partial charge in [-0.3, -0.25) is 4.79 Å². The van der Waals surface area contributed by atoms with E-state index in [1.807, 2.05) is 26.8 Å². The summed E-state index contributed by atoms with van der Waals surface area (Å²) in [5.41, 5.74) is 5.46. The van der Waals surface area contributed by atoms with E-state index in [2.05, 4.69) is 21.7 Å². The Morgan fingerprint density at radius 3 is 2.82 bits per heavy atom. The molecule has 144 valence electrons. The summed E-state index contributed by atoms with van der Waals surface area (Å²) in [5.74, 6) is 0.668. The number of hydrogen-bond acceptors (Lipinski definition) is 6. The van der Waals surface area contributed by atoms with Crippen molar-refractivity contribution in [3.63, 3.8) is 0 Å². The Labute approximate surface area is 164 Å². The second kappa shape index (κ2) is 8.01. The number of nitrogens with zero attached hydrogens (tertiary/aromatic N) is 2. The number of nitriles is 1. The molecule has 1 atom stereocenters. The Bertz CT molecular complexity index is 992. The lowest BCUT2D eigenvalue weighted by Gasteiger charge is -2.33. The van der Waals surface area contributed by atoms with Gasteiger partial charge in [-0.05, 0) is 38.5 Å². The van der Waals surface area contributed by atoms with Gasteiger partial charge in [-0.1, -0.05) is 6.07 Å². The Hall–Kier alpha value is -3.53. The van der Waals surface area contributed by atoms with E-state index in [0.29, 0.717) is 35.9 Å². The summed E-state index contributed by atoms with van der Waals surface area (Å²) in [7, 11) is 1.56. The first-order valence-corrected chi connectivity index (χ1v) is 8.93. The number of methoxy groups -OCH3 is 1. The molecule has 0 aliphatic carbocycles. The summed E-state index contributed by atoms with van der Waals surface area (Å²) >= 11 is 0. The Morgan fingerprint density at radius 1 is 1.39 bits per heavy atom. The van der Waals surface area contributed by atoms with E-state index in [4.69, 9.17) is 9.47 Å². The zero-order valence-electron chi connectivity index (χ0n) is 16.3. The molecule has 7 heteroatoms. The number of aryl methyl sites for hydroxylation is 1. The van der Waals surface area contributed by atoms with Crippen LogP contribution in [0.5, 0.6) is 11.6 Å². The Morgan fingerprint density at radius 2 is 2.18 bits per heavy atom. The summed E-state index contributed by atoms with van der Waals surface area (Å²) in [6.45, 7) is 6.22. The lowest BCUT2D eigenvalue weighted by Crippen LogP contribution is -2.28. The first kappa shape index (κ1) is 19.2. The van der Waals surface area contributed by atoms with Crippen molar-refractivity contribution >= 4 is 12.1 Å². The van der Waals surface area contributed by atoms with Gasteiger partial charge in [0.25, 0.3) is 0 Å². The molecular weight excluding hydrogens is 356 g/mol. The molecular formula is C21H22N4O3. The fraction of sp³-hybridized carbons (Fsp3) is 0.286. The van der Waals surface area contributed by atoms with Gasteiger partial charge in [0.15, 0.2) is 0 Å². The van der Waals surface area contributed by atoms with Crippen LogP contribution in [0.4, 0.5) is 5.69 Å². The number of amides is 1. The van der Waals surface area contributed by atoms with Crippen molar-refractivity contribution in [1.29, 1.82) is 5.26 Å². The quantitative estimate of drug-likeness (QED) is 0.750. The van der Waals surface area contributed by atoms with Gasteiger partial charge in [0, 0.05) is 23.2 Å². The highest BCUT2D eigenvalue weighted by Crippen LogP contribution is 2.47.